The molecule has 1 atom stereocenters. The molecule has 21 heavy (non-hydrogen) atoms. The Hall–Kier alpha value is -1.60. The SMILES string of the molecule is NCC(Sc1ccc(C(F)(F)F)cn1)c1cccc(F)c1. The van der Waals surface area contributed by atoms with E-state index >= 15 is 0 Å². The van der Waals surface area contributed by atoms with E-state index < -0.39 is 11.7 Å². The largest absolute Gasteiger partial charge is 0.417 e. The zero-order valence-corrected chi connectivity index (χ0v) is 11.6. The van der Waals surface area contributed by atoms with Crippen LogP contribution in [0.25, 0.3) is 0 Å². The highest BCUT2D eigenvalue weighted by Gasteiger charge is 2.30. The zero-order chi connectivity index (χ0) is 15.5. The van der Waals surface area contributed by atoms with E-state index in [1.807, 2.05) is 0 Å². The van der Waals surface area contributed by atoms with Crippen LogP contribution in [0.3, 0.4) is 0 Å². The molecule has 0 fully saturated rings. The van der Waals surface area contributed by atoms with Gasteiger partial charge in [-0.05, 0) is 29.8 Å². The molecule has 0 amide bonds. The van der Waals surface area contributed by atoms with Crippen LogP contribution in [-0.2, 0) is 6.18 Å². The van der Waals surface area contributed by atoms with E-state index in [1.165, 1.54) is 30.0 Å². The first-order valence-electron chi connectivity index (χ1n) is 6.05. The molecule has 2 aromatic rings. The highest BCUT2D eigenvalue weighted by molar-refractivity contribution is 7.99. The summed E-state index contributed by atoms with van der Waals surface area (Å²) in [5.41, 5.74) is 5.52. The first-order chi connectivity index (χ1) is 9.90. The van der Waals surface area contributed by atoms with E-state index in [2.05, 4.69) is 4.98 Å². The normalized spacial score (nSPS) is 13.2. The summed E-state index contributed by atoms with van der Waals surface area (Å²) in [7, 11) is 0. The third kappa shape index (κ3) is 4.18. The fraction of sp³-hybridized carbons (Fsp3) is 0.214. The van der Waals surface area contributed by atoms with Gasteiger partial charge in [0.2, 0.25) is 0 Å². The lowest BCUT2D eigenvalue weighted by Crippen LogP contribution is -2.10. The van der Waals surface area contributed by atoms with Gasteiger partial charge in [0.1, 0.15) is 5.82 Å². The fourth-order valence-corrected chi connectivity index (χ4v) is 2.65. The predicted molar refractivity (Wildman–Crippen MR) is 73.3 cm³/mol. The monoisotopic (exact) mass is 316 g/mol. The van der Waals surface area contributed by atoms with Gasteiger partial charge in [-0.3, -0.25) is 0 Å². The van der Waals surface area contributed by atoms with Crippen LogP contribution in [0.4, 0.5) is 17.6 Å². The Kier molecular flexibility index (Phi) is 4.84. The van der Waals surface area contributed by atoms with Crippen LogP contribution in [0.1, 0.15) is 16.4 Å². The van der Waals surface area contributed by atoms with Crippen LogP contribution in [0.2, 0.25) is 0 Å². The summed E-state index contributed by atoms with van der Waals surface area (Å²) in [5, 5.41) is 0.132. The number of nitrogens with zero attached hydrogens (tertiary/aromatic N) is 1. The Morgan fingerprint density at radius 3 is 2.48 bits per heavy atom. The molecular weight excluding hydrogens is 304 g/mol. The molecule has 2 rings (SSSR count). The number of aromatic nitrogens is 1. The molecular formula is C14H12F4N2S. The van der Waals surface area contributed by atoms with Crippen molar-refractivity contribution < 1.29 is 17.6 Å². The lowest BCUT2D eigenvalue weighted by molar-refractivity contribution is -0.137. The van der Waals surface area contributed by atoms with E-state index in [1.54, 1.807) is 12.1 Å². The molecule has 0 radical (unpaired) electrons. The van der Waals surface area contributed by atoms with E-state index in [-0.39, 0.29) is 17.6 Å². The molecule has 2 nitrogen and oxygen atoms in total. The van der Waals surface area contributed by atoms with Crippen molar-refractivity contribution in [3.8, 4) is 0 Å². The fourth-order valence-electron chi connectivity index (χ4n) is 1.72. The molecule has 0 spiro atoms. The number of hydrogen-bond donors (Lipinski definition) is 1. The van der Waals surface area contributed by atoms with Crippen molar-refractivity contribution in [2.24, 2.45) is 5.73 Å². The second-order valence-electron chi connectivity index (χ2n) is 4.28. The summed E-state index contributed by atoms with van der Waals surface area (Å²) >= 11 is 1.20. The molecule has 2 N–H and O–H groups in total. The van der Waals surface area contributed by atoms with Crippen LogP contribution in [-0.4, -0.2) is 11.5 Å². The van der Waals surface area contributed by atoms with Crippen molar-refractivity contribution in [1.82, 2.24) is 4.98 Å². The maximum absolute atomic E-state index is 13.2. The molecule has 0 aliphatic heterocycles. The third-order valence-corrected chi connectivity index (χ3v) is 3.99. The minimum absolute atomic E-state index is 0.219. The minimum atomic E-state index is -4.41. The molecule has 0 aliphatic carbocycles. The molecule has 0 saturated carbocycles. The van der Waals surface area contributed by atoms with Gasteiger partial charge in [-0.15, -0.1) is 0 Å². The second kappa shape index (κ2) is 6.44. The lowest BCUT2D eigenvalue weighted by atomic mass is 10.1. The molecule has 1 heterocycles. The van der Waals surface area contributed by atoms with E-state index in [4.69, 9.17) is 5.73 Å². The smallest absolute Gasteiger partial charge is 0.329 e. The maximum atomic E-state index is 13.2. The van der Waals surface area contributed by atoms with Crippen LogP contribution in [0.5, 0.6) is 0 Å². The molecule has 112 valence electrons. The zero-order valence-electron chi connectivity index (χ0n) is 10.8. The molecule has 7 heteroatoms. The molecule has 1 aromatic carbocycles. The molecule has 0 aliphatic rings. The summed E-state index contributed by atoms with van der Waals surface area (Å²) in [6, 6.07) is 8.21. The Bertz CT molecular complexity index is 599. The summed E-state index contributed by atoms with van der Waals surface area (Å²) in [4.78, 5) is 3.77. The van der Waals surface area contributed by atoms with Gasteiger partial charge in [0.15, 0.2) is 0 Å². The van der Waals surface area contributed by atoms with Crippen LogP contribution < -0.4 is 5.73 Å². The third-order valence-electron chi connectivity index (χ3n) is 2.76. The quantitative estimate of drug-likeness (QED) is 0.684. The highest BCUT2D eigenvalue weighted by atomic mass is 32.2. The van der Waals surface area contributed by atoms with Gasteiger partial charge < -0.3 is 5.73 Å². The van der Waals surface area contributed by atoms with Gasteiger partial charge in [-0.2, -0.15) is 13.2 Å². The molecule has 0 saturated heterocycles. The summed E-state index contributed by atoms with van der Waals surface area (Å²) in [6.07, 6.45) is -3.63. The Morgan fingerprint density at radius 2 is 1.95 bits per heavy atom. The number of thioether (sulfide) groups is 1. The van der Waals surface area contributed by atoms with Crippen LogP contribution in [0.15, 0.2) is 47.6 Å². The lowest BCUT2D eigenvalue weighted by Gasteiger charge is -2.15. The van der Waals surface area contributed by atoms with Gasteiger partial charge in [-0.25, -0.2) is 9.37 Å². The second-order valence-corrected chi connectivity index (χ2v) is 5.50. The molecule has 0 bridgehead atoms. The Balaban J connectivity index is 2.15. The van der Waals surface area contributed by atoms with E-state index in [0.717, 1.165) is 12.3 Å². The standard InChI is InChI=1S/C14H12F4N2S/c15-11-3-1-2-9(6-11)12(7-19)21-13-5-4-10(8-20-13)14(16,17)18/h1-6,8,12H,7,19H2. The summed E-state index contributed by atoms with van der Waals surface area (Å²) in [6.45, 7) is 0.219. The minimum Gasteiger partial charge on any atom is -0.329 e. The average molecular weight is 316 g/mol. The van der Waals surface area contributed by atoms with Crippen molar-refractivity contribution in [2.45, 2.75) is 16.5 Å². The van der Waals surface area contributed by atoms with Crippen molar-refractivity contribution in [1.29, 1.82) is 0 Å². The van der Waals surface area contributed by atoms with Gasteiger partial charge in [0.25, 0.3) is 0 Å². The van der Waals surface area contributed by atoms with Crippen LogP contribution >= 0.6 is 11.8 Å². The van der Waals surface area contributed by atoms with Crippen molar-refractivity contribution in [3.63, 3.8) is 0 Å². The topological polar surface area (TPSA) is 38.9 Å². The van der Waals surface area contributed by atoms with Crippen molar-refractivity contribution in [2.75, 3.05) is 6.54 Å². The predicted octanol–water partition coefficient (Wildman–Crippen LogP) is 4.03. The summed E-state index contributed by atoms with van der Waals surface area (Å²) < 4.78 is 50.5. The highest BCUT2D eigenvalue weighted by Crippen LogP contribution is 2.35. The van der Waals surface area contributed by atoms with Crippen molar-refractivity contribution in [3.05, 3.63) is 59.5 Å². The van der Waals surface area contributed by atoms with Gasteiger partial charge in [0, 0.05) is 18.0 Å². The van der Waals surface area contributed by atoms with Crippen molar-refractivity contribution >= 4 is 11.8 Å². The van der Waals surface area contributed by atoms with Crippen LogP contribution in [0, 0.1) is 5.82 Å². The summed E-state index contributed by atoms with van der Waals surface area (Å²) in [5.74, 6) is -0.382. The molecule has 1 aromatic heterocycles. The van der Waals surface area contributed by atoms with Gasteiger partial charge in [-0.1, -0.05) is 23.9 Å². The Labute approximate surface area is 123 Å². The van der Waals surface area contributed by atoms with Gasteiger partial charge >= 0.3 is 6.18 Å². The first-order valence-corrected chi connectivity index (χ1v) is 6.93. The maximum Gasteiger partial charge on any atom is 0.417 e. The Morgan fingerprint density at radius 1 is 1.19 bits per heavy atom. The molecule has 1 unspecified atom stereocenters. The number of benzene rings is 1. The number of hydrogen-bond acceptors (Lipinski definition) is 3. The number of alkyl halides is 3. The number of halogens is 4. The van der Waals surface area contributed by atoms with E-state index in [9.17, 15) is 17.6 Å². The number of rotatable bonds is 4. The van der Waals surface area contributed by atoms with E-state index in [0.29, 0.717) is 10.6 Å². The average Bonchev–Trinajstić information content (AvgIpc) is 2.44. The van der Waals surface area contributed by atoms with Gasteiger partial charge in [0.05, 0.1) is 10.6 Å². The number of nitrogens with two attached hydrogens (primary N) is 1. The first kappa shape index (κ1) is 15.8. The number of pyridine rings is 1.